The third kappa shape index (κ3) is 1.88. The molecule has 1 aliphatic rings. The zero-order valence-corrected chi connectivity index (χ0v) is 10.4. The molecule has 4 heteroatoms. The van der Waals surface area contributed by atoms with E-state index in [2.05, 4.69) is 28.5 Å². The molecule has 0 spiro atoms. The van der Waals surface area contributed by atoms with Gasteiger partial charge in [0.2, 0.25) is 0 Å². The van der Waals surface area contributed by atoms with Gasteiger partial charge in [-0.3, -0.25) is 5.10 Å². The van der Waals surface area contributed by atoms with Crippen LogP contribution in [0.15, 0.2) is 30.6 Å². The van der Waals surface area contributed by atoms with Crippen molar-refractivity contribution in [3.05, 3.63) is 47.3 Å². The van der Waals surface area contributed by atoms with Gasteiger partial charge in [-0.05, 0) is 37.0 Å². The molecule has 1 aliphatic carbocycles. The molecular weight excluding hydrogens is 226 g/mol. The molecule has 3 rings (SSSR count). The molecule has 0 amide bonds. The van der Waals surface area contributed by atoms with Gasteiger partial charge in [0, 0.05) is 23.8 Å². The number of aromatic hydroxyl groups is 1. The second kappa shape index (κ2) is 4.46. The Kier molecular flexibility index (Phi) is 2.80. The van der Waals surface area contributed by atoms with Crippen molar-refractivity contribution in [2.45, 2.75) is 31.8 Å². The number of aromatic nitrogens is 2. The van der Waals surface area contributed by atoms with E-state index < -0.39 is 0 Å². The van der Waals surface area contributed by atoms with Gasteiger partial charge < -0.3 is 10.4 Å². The van der Waals surface area contributed by atoms with E-state index in [9.17, 15) is 5.11 Å². The lowest BCUT2D eigenvalue weighted by Gasteiger charge is -2.19. The topological polar surface area (TPSA) is 60.9 Å². The average Bonchev–Trinajstić information content (AvgIpc) is 2.99. The van der Waals surface area contributed by atoms with Crippen LogP contribution in [-0.2, 0) is 6.42 Å². The van der Waals surface area contributed by atoms with Crippen LogP contribution in [0.5, 0.6) is 5.75 Å². The minimum atomic E-state index is 0.252. The highest BCUT2D eigenvalue weighted by Crippen LogP contribution is 2.37. The molecule has 0 aliphatic heterocycles. The standard InChI is InChI=1S/C14H17N3O/c1-9(10-7-15-16-8-10)17-13-6-5-12-11(13)3-2-4-14(12)18/h2-4,7-9,13,17-18H,5-6H2,1H3,(H,15,16). The van der Waals surface area contributed by atoms with Crippen LogP contribution in [0.1, 0.15) is 42.1 Å². The van der Waals surface area contributed by atoms with E-state index in [1.807, 2.05) is 18.5 Å². The van der Waals surface area contributed by atoms with Gasteiger partial charge in [0.15, 0.2) is 0 Å². The van der Waals surface area contributed by atoms with E-state index >= 15 is 0 Å². The molecule has 2 aromatic rings. The Labute approximate surface area is 106 Å². The molecule has 0 bridgehead atoms. The first-order valence-corrected chi connectivity index (χ1v) is 6.31. The summed E-state index contributed by atoms with van der Waals surface area (Å²) >= 11 is 0. The smallest absolute Gasteiger partial charge is 0.119 e. The maximum Gasteiger partial charge on any atom is 0.119 e. The van der Waals surface area contributed by atoms with Gasteiger partial charge in [0.25, 0.3) is 0 Å². The fourth-order valence-electron chi connectivity index (χ4n) is 2.70. The summed E-state index contributed by atoms with van der Waals surface area (Å²) in [6.45, 7) is 2.13. The maximum atomic E-state index is 9.82. The lowest BCUT2D eigenvalue weighted by molar-refractivity contribution is 0.465. The quantitative estimate of drug-likeness (QED) is 0.776. The fraction of sp³-hybridized carbons (Fsp3) is 0.357. The normalized spacial score (nSPS) is 19.7. The first kappa shape index (κ1) is 11.3. The lowest BCUT2D eigenvalue weighted by Crippen LogP contribution is -2.22. The molecule has 0 radical (unpaired) electrons. The number of hydrogen-bond donors (Lipinski definition) is 3. The Morgan fingerprint density at radius 2 is 2.39 bits per heavy atom. The van der Waals surface area contributed by atoms with Crippen LogP contribution in [0.3, 0.4) is 0 Å². The van der Waals surface area contributed by atoms with E-state index in [-0.39, 0.29) is 6.04 Å². The van der Waals surface area contributed by atoms with Crippen molar-refractivity contribution in [1.29, 1.82) is 0 Å². The molecule has 2 unspecified atom stereocenters. The highest BCUT2D eigenvalue weighted by atomic mass is 16.3. The Morgan fingerprint density at radius 3 is 3.17 bits per heavy atom. The van der Waals surface area contributed by atoms with Crippen molar-refractivity contribution in [3.63, 3.8) is 0 Å². The van der Waals surface area contributed by atoms with Crippen molar-refractivity contribution in [1.82, 2.24) is 15.5 Å². The van der Waals surface area contributed by atoms with Gasteiger partial charge in [-0.15, -0.1) is 0 Å². The van der Waals surface area contributed by atoms with E-state index in [1.165, 1.54) is 5.56 Å². The summed E-state index contributed by atoms with van der Waals surface area (Å²) in [6, 6.07) is 6.35. The Bertz CT molecular complexity index is 536. The van der Waals surface area contributed by atoms with Crippen molar-refractivity contribution in [3.8, 4) is 5.75 Å². The molecule has 1 aromatic heterocycles. The molecule has 0 saturated carbocycles. The van der Waals surface area contributed by atoms with E-state index in [4.69, 9.17) is 0 Å². The van der Waals surface area contributed by atoms with Gasteiger partial charge in [0.05, 0.1) is 6.20 Å². The highest BCUT2D eigenvalue weighted by molar-refractivity contribution is 5.44. The summed E-state index contributed by atoms with van der Waals surface area (Å²) in [5.74, 6) is 0.424. The molecule has 4 nitrogen and oxygen atoms in total. The second-order valence-electron chi connectivity index (χ2n) is 4.86. The number of phenols is 1. The molecule has 3 N–H and O–H groups in total. The SMILES string of the molecule is CC(NC1CCc2c(O)cccc21)c1cn[nH]c1. The number of rotatable bonds is 3. The first-order valence-electron chi connectivity index (χ1n) is 6.31. The highest BCUT2D eigenvalue weighted by Gasteiger charge is 2.25. The largest absolute Gasteiger partial charge is 0.508 e. The molecule has 0 saturated heterocycles. The van der Waals surface area contributed by atoms with Gasteiger partial charge in [-0.2, -0.15) is 5.10 Å². The van der Waals surface area contributed by atoms with Crippen LogP contribution < -0.4 is 5.32 Å². The van der Waals surface area contributed by atoms with Gasteiger partial charge in [-0.25, -0.2) is 0 Å². The summed E-state index contributed by atoms with van der Waals surface area (Å²) in [5.41, 5.74) is 3.48. The minimum Gasteiger partial charge on any atom is -0.508 e. The Morgan fingerprint density at radius 1 is 1.50 bits per heavy atom. The molecule has 94 valence electrons. The average molecular weight is 243 g/mol. The zero-order chi connectivity index (χ0) is 12.5. The van der Waals surface area contributed by atoms with Crippen molar-refractivity contribution in [2.75, 3.05) is 0 Å². The predicted molar refractivity (Wildman–Crippen MR) is 69.3 cm³/mol. The van der Waals surface area contributed by atoms with Crippen LogP contribution in [0, 0.1) is 0 Å². The van der Waals surface area contributed by atoms with Crippen LogP contribution in [0.4, 0.5) is 0 Å². The van der Waals surface area contributed by atoms with Gasteiger partial charge in [0.1, 0.15) is 5.75 Å². The van der Waals surface area contributed by atoms with Gasteiger partial charge in [-0.1, -0.05) is 12.1 Å². The molecular formula is C14H17N3O. The van der Waals surface area contributed by atoms with Crippen molar-refractivity contribution >= 4 is 0 Å². The second-order valence-corrected chi connectivity index (χ2v) is 4.86. The third-order valence-electron chi connectivity index (χ3n) is 3.72. The first-order chi connectivity index (χ1) is 8.75. The van der Waals surface area contributed by atoms with Crippen LogP contribution in [0.25, 0.3) is 0 Å². The van der Waals surface area contributed by atoms with Crippen molar-refractivity contribution in [2.24, 2.45) is 0 Å². The molecule has 1 aromatic carbocycles. The van der Waals surface area contributed by atoms with E-state index in [1.54, 1.807) is 6.07 Å². The monoisotopic (exact) mass is 243 g/mol. The Balaban J connectivity index is 1.79. The lowest BCUT2D eigenvalue weighted by atomic mass is 10.1. The number of nitrogens with one attached hydrogen (secondary N) is 2. The maximum absolute atomic E-state index is 9.82. The number of phenolic OH excluding ortho intramolecular Hbond substituents is 1. The Hall–Kier alpha value is -1.81. The number of nitrogens with zero attached hydrogens (tertiary/aromatic N) is 1. The van der Waals surface area contributed by atoms with Crippen LogP contribution in [0.2, 0.25) is 0 Å². The number of fused-ring (bicyclic) bond motifs is 1. The molecule has 1 heterocycles. The van der Waals surface area contributed by atoms with Crippen molar-refractivity contribution < 1.29 is 5.11 Å². The van der Waals surface area contributed by atoms with E-state index in [0.717, 1.165) is 24.0 Å². The molecule has 2 atom stereocenters. The summed E-state index contributed by atoms with van der Waals surface area (Å²) in [7, 11) is 0. The third-order valence-corrected chi connectivity index (χ3v) is 3.72. The number of hydrogen-bond acceptors (Lipinski definition) is 3. The van der Waals surface area contributed by atoms with Crippen LogP contribution >= 0.6 is 0 Å². The number of benzene rings is 1. The summed E-state index contributed by atoms with van der Waals surface area (Å²) in [5, 5.41) is 20.2. The summed E-state index contributed by atoms with van der Waals surface area (Å²) in [4.78, 5) is 0. The fourth-order valence-corrected chi connectivity index (χ4v) is 2.70. The predicted octanol–water partition coefficient (Wildman–Crippen LogP) is 2.45. The molecule has 18 heavy (non-hydrogen) atoms. The molecule has 0 fully saturated rings. The minimum absolute atomic E-state index is 0.252. The van der Waals surface area contributed by atoms with Gasteiger partial charge >= 0.3 is 0 Å². The zero-order valence-electron chi connectivity index (χ0n) is 10.4. The number of H-pyrrole nitrogens is 1. The summed E-state index contributed by atoms with van der Waals surface area (Å²) in [6.07, 6.45) is 5.73. The summed E-state index contributed by atoms with van der Waals surface area (Å²) < 4.78 is 0. The number of aromatic amines is 1. The van der Waals surface area contributed by atoms with E-state index in [0.29, 0.717) is 11.8 Å². The van der Waals surface area contributed by atoms with Crippen LogP contribution in [-0.4, -0.2) is 15.3 Å².